The second-order valence-electron chi connectivity index (χ2n) is 3.06. The zero-order valence-electron chi connectivity index (χ0n) is 9.01. The average molecular weight is 187 g/mol. The minimum absolute atomic E-state index is 0.300. The maximum absolute atomic E-state index is 11.2. The van der Waals surface area contributed by atoms with Crippen LogP contribution in [-0.4, -0.2) is 44.0 Å². The van der Waals surface area contributed by atoms with Gasteiger partial charge in [0.25, 0.3) is 0 Å². The van der Waals surface area contributed by atoms with Crippen molar-refractivity contribution in [2.75, 3.05) is 33.4 Å². The summed E-state index contributed by atoms with van der Waals surface area (Å²) in [4.78, 5) is 13.5. The van der Waals surface area contributed by atoms with Gasteiger partial charge in [-0.1, -0.05) is 13.8 Å². The number of Topliss-reactive ketones (excluding diaryl/α,β-unsaturated/α-hetero) is 1. The molecule has 0 bridgehead atoms. The highest BCUT2D eigenvalue weighted by Gasteiger charge is 2.04. The van der Waals surface area contributed by atoms with Crippen molar-refractivity contribution >= 4 is 5.78 Å². The van der Waals surface area contributed by atoms with Gasteiger partial charge in [0, 0.05) is 26.5 Å². The van der Waals surface area contributed by atoms with Gasteiger partial charge in [0.15, 0.2) is 0 Å². The molecule has 0 aromatic rings. The molecular formula is C10H21NO2. The summed E-state index contributed by atoms with van der Waals surface area (Å²) in [6, 6.07) is 0. The lowest BCUT2D eigenvalue weighted by molar-refractivity contribution is -0.120. The van der Waals surface area contributed by atoms with Gasteiger partial charge in [-0.25, -0.2) is 0 Å². The molecule has 0 aliphatic rings. The van der Waals surface area contributed by atoms with Gasteiger partial charge in [0.1, 0.15) is 5.78 Å². The quantitative estimate of drug-likeness (QED) is 0.574. The number of hydrogen-bond acceptors (Lipinski definition) is 3. The van der Waals surface area contributed by atoms with E-state index in [0.717, 1.165) is 19.6 Å². The summed E-state index contributed by atoms with van der Waals surface area (Å²) in [5.74, 6) is 0.300. The standard InChI is InChI=1S/C10H21NO2/c1-4-11(5-2)8-6-10(12)7-9-13-3/h4-9H2,1-3H3. The minimum Gasteiger partial charge on any atom is -0.384 e. The largest absolute Gasteiger partial charge is 0.384 e. The Kier molecular flexibility index (Phi) is 7.94. The van der Waals surface area contributed by atoms with E-state index in [1.54, 1.807) is 7.11 Å². The number of ether oxygens (including phenoxy) is 1. The van der Waals surface area contributed by atoms with Crippen molar-refractivity contribution in [1.29, 1.82) is 0 Å². The fraction of sp³-hybridized carbons (Fsp3) is 0.900. The van der Waals surface area contributed by atoms with E-state index in [1.165, 1.54) is 0 Å². The van der Waals surface area contributed by atoms with Crippen molar-refractivity contribution in [3.05, 3.63) is 0 Å². The van der Waals surface area contributed by atoms with E-state index in [-0.39, 0.29) is 0 Å². The van der Waals surface area contributed by atoms with E-state index in [0.29, 0.717) is 25.2 Å². The Morgan fingerprint density at radius 3 is 2.31 bits per heavy atom. The van der Waals surface area contributed by atoms with Crippen LogP contribution in [-0.2, 0) is 9.53 Å². The zero-order chi connectivity index (χ0) is 10.1. The molecule has 0 saturated heterocycles. The molecule has 0 aromatic heterocycles. The Morgan fingerprint density at radius 2 is 1.85 bits per heavy atom. The molecule has 0 aliphatic heterocycles. The molecule has 0 fully saturated rings. The molecule has 0 N–H and O–H groups in total. The van der Waals surface area contributed by atoms with Gasteiger partial charge in [0.05, 0.1) is 6.61 Å². The summed E-state index contributed by atoms with van der Waals surface area (Å²) in [5, 5.41) is 0. The van der Waals surface area contributed by atoms with Gasteiger partial charge >= 0.3 is 0 Å². The molecule has 3 nitrogen and oxygen atoms in total. The third-order valence-corrected chi connectivity index (χ3v) is 2.19. The van der Waals surface area contributed by atoms with Crippen LogP contribution in [0.3, 0.4) is 0 Å². The maximum Gasteiger partial charge on any atom is 0.136 e. The summed E-state index contributed by atoms with van der Waals surface area (Å²) in [6.45, 7) is 7.71. The fourth-order valence-corrected chi connectivity index (χ4v) is 1.16. The Morgan fingerprint density at radius 1 is 1.23 bits per heavy atom. The Labute approximate surface area is 81.1 Å². The molecule has 3 heteroatoms. The van der Waals surface area contributed by atoms with Gasteiger partial charge in [-0.3, -0.25) is 4.79 Å². The first-order valence-corrected chi connectivity index (χ1v) is 4.97. The summed E-state index contributed by atoms with van der Waals surface area (Å²) in [6.07, 6.45) is 1.21. The summed E-state index contributed by atoms with van der Waals surface area (Å²) in [7, 11) is 1.62. The van der Waals surface area contributed by atoms with Crippen molar-refractivity contribution in [2.24, 2.45) is 0 Å². The van der Waals surface area contributed by atoms with Gasteiger partial charge in [-0.2, -0.15) is 0 Å². The van der Waals surface area contributed by atoms with Gasteiger partial charge in [-0.15, -0.1) is 0 Å². The van der Waals surface area contributed by atoms with E-state index in [2.05, 4.69) is 18.7 Å². The van der Waals surface area contributed by atoms with Crippen LogP contribution in [0.2, 0.25) is 0 Å². The molecule has 0 spiro atoms. The molecule has 0 saturated carbocycles. The van der Waals surface area contributed by atoms with Crippen LogP contribution >= 0.6 is 0 Å². The second-order valence-corrected chi connectivity index (χ2v) is 3.06. The lowest BCUT2D eigenvalue weighted by Crippen LogP contribution is -2.25. The van der Waals surface area contributed by atoms with E-state index >= 15 is 0 Å². The fourth-order valence-electron chi connectivity index (χ4n) is 1.16. The molecule has 0 unspecified atom stereocenters. The third-order valence-electron chi connectivity index (χ3n) is 2.19. The lowest BCUT2D eigenvalue weighted by Gasteiger charge is -2.16. The van der Waals surface area contributed by atoms with E-state index in [4.69, 9.17) is 4.74 Å². The van der Waals surface area contributed by atoms with E-state index in [9.17, 15) is 4.79 Å². The zero-order valence-corrected chi connectivity index (χ0v) is 9.01. The smallest absolute Gasteiger partial charge is 0.136 e. The molecule has 0 aliphatic carbocycles. The molecule has 13 heavy (non-hydrogen) atoms. The predicted octanol–water partition coefficient (Wildman–Crippen LogP) is 1.32. The molecule has 78 valence electrons. The van der Waals surface area contributed by atoms with Gasteiger partial charge < -0.3 is 9.64 Å². The normalized spacial score (nSPS) is 10.8. The first-order chi connectivity index (χ1) is 6.24. The van der Waals surface area contributed by atoms with Crippen LogP contribution in [0, 0.1) is 0 Å². The summed E-state index contributed by atoms with van der Waals surface area (Å²) in [5.41, 5.74) is 0. The topological polar surface area (TPSA) is 29.5 Å². The van der Waals surface area contributed by atoms with E-state index in [1.807, 2.05) is 0 Å². The Hall–Kier alpha value is -0.410. The molecule has 0 atom stereocenters. The number of ketones is 1. The maximum atomic E-state index is 11.2. The number of carbonyl (C=O) groups excluding carboxylic acids is 1. The number of nitrogens with zero attached hydrogens (tertiary/aromatic N) is 1. The first kappa shape index (κ1) is 12.6. The van der Waals surface area contributed by atoms with Crippen molar-refractivity contribution in [1.82, 2.24) is 4.90 Å². The molecular weight excluding hydrogens is 166 g/mol. The Bertz CT molecular complexity index is 133. The summed E-state index contributed by atoms with van der Waals surface area (Å²) < 4.78 is 4.84. The lowest BCUT2D eigenvalue weighted by atomic mass is 10.2. The van der Waals surface area contributed by atoms with Crippen molar-refractivity contribution < 1.29 is 9.53 Å². The van der Waals surface area contributed by atoms with Crippen molar-refractivity contribution in [3.8, 4) is 0 Å². The minimum atomic E-state index is 0.300. The third kappa shape index (κ3) is 6.72. The number of methoxy groups -OCH3 is 1. The number of rotatable bonds is 8. The molecule has 0 radical (unpaired) electrons. The van der Waals surface area contributed by atoms with Crippen LogP contribution in [0.1, 0.15) is 26.7 Å². The number of carbonyl (C=O) groups is 1. The Balaban J connectivity index is 3.44. The van der Waals surface area contributed by atoms with Crippen LogP contribution in [0.15, 0.2) is 0 Å². The van der Waals surface area contributed by atoms with Gasteiger partial charge in [-0.05, 0) is 13.1 Å². The monoisotopic (exact) mass is 187 g/mol. The first-order valence-electron chi connectivity index (χ1n) is 4.97. The SMILES string of the molecule is CCN(CC)CCC(=O)CCOC. The highest BCUT2D eigenvalue weighted by atomic mass is 16.5. The highest BCUT2D eigenvalue weighted by molar-refractivity contribution is 5.78. The van der Waals surface area contributed by atoms with Crippen LogP contribution < -0.4 is 0 Å². The summed E-state index contributed by atoms with van der Waals surface area (Å²) >= 11 is 0. The van der Waals surface area contributed by atoms with Crippen LogP contribution in [0.25, 0.3) is 0 Å². The number of hydrogen-bond donors (Lipinski definition) is 0. The highest BCUT2D eigenvalue weighted by Crippen LogP contribution is 1.95. The average Bonchev–Trinajstić information content (AvgIpc) is 2.16. The molecule has 0 heterocycles. The van der Waals surface area contributed by atoms with E-state index < -0.39 is 0 Å². The van der Waals surface area contributed by atoms with Crippen molar-refractivity contribution in [2.45, 2.75) is 26.7 Å². The second kappa shape index (κ2) is 8.20. The van der Waals surface area contributed by atoms with Crippen LogP contribution in [0.4, 0.5) is 0 Å². The molecule has 0 rings (SSSR count). The van der Waals surface area contributed by atoms with Gasteiger partial charge in [0.2, 0.25) is 0 Å². The van der Waals surface area contributed by atoms with Crippen molar-refractivity contribution in [3.63, 3.8) is 0 Å². The molecule has 0 aromatic carbocycles. The van der Waals surface area contributed by atoms with Crippen LogP contribution in [0.5, 0.6) is 0 Å². The predicted molar refractivity (Wildman–Crippen MR) is 53.9 cm³/mol. The molecule has 0 amide bonds.